The molecular weight excluding hydrogens is 272 g/mol. The van der Waals surface area contributed by atoms with Crippen molar-refractivity contribution in [1.29, 1.82) is 0 Å². The van der Waals surface area contributed by atoms with E-state index in [1.54, 1.807) is 0 Å². The molecule has 3 heteroatoms. The molecule has 0 N–H and O–H groups in total. The summed E-state index contributed by atoms with van der Waals surface area (Å²) in [5.74, 6) is 0.687. The maximum atomic E-state index is 5.50. The van der Waals surface area contributed by atoms with E-state index in [-0.39, 0.29) is 0 Å². The monoisotopic (exact) mass is 302 g/mol. The number of ether oxygens (including phenoxy) is 1. The van der Waals surface area contributed by atoms with Crippen LogP contribution in [-0.4, -0.2) is 56.7 Å². The van der Waals surface area contributed by atoms with Crippen LogP contribution in [0.3, 0.4) is 0 Å². The van der Waals surface area contributed by atoms with Gasteiger partial charge in [-0.2, -0.15) is 0 Å². The molecule has 0 saturated carbocycles. The van der Waals surface area contributed by atoms with Crippen LogP contribution in [0.5, 0.6) is 0 Å². The van der Waals surface area contributed by atoms with E-state index < -0.39 is 0 Å². The summed E-state index contributed by atoms with van der Waals surface area (Å²) >= 11 is 0. The minimum Gasteiger partial charge on any atom is -0.384 e. The maximum absolute atomic E-state index is 5.50. The van der Waals surface area contributed by atoms with Gasteiger partial charge in [0.25, 0.3) is 0 Å². The molecule has 3 rings (SSSR count). The highest BCUT2D eigenvalue weighted by Crippen LogP contribution is 2.43. The quantitative estimate of drug-likeness (QED) is 0.850. The molecule has 0 aromatic heterocycles. The third-order valence-corrected chi connectivity index (χ3v) is 5.50. The van der Waals surface area contributed by atoms with E-state index in [9.17, 15) is 0 Å². The molecule has 2 aliphatic rings. The second-order valence-electron chi connectivity index (χ2n) is 7.67. The van der Waals surface area contributed by atoms with Gasteiger partial charge in [0.05, 0.1) is 6.61 Å². The van der Waals surface area contributed by atoms with Crippen LogP contribution in [0.2, 0.25) is 0 Å². The second-order valence-corrected chi connectivity index (χ2v) is 7.67. The smallest absolute Gasteiger partial charge is 0.0509 e. The number of aryl methyl sites for hydroxylation is 2. The fourth-order valence-corrected chi connectivity index (χ4v) is 4.73. The van der Waals surface area contributed by atoms with Gasteiger partial charge in [-0.1, -0.05) is 29.3 Å². The predicted molar refractivity (Wildman–Crippen MR) is 91.1 cm³/mol. The fraction of sp³-hybridized carbons (Fsp3) is 0.684. The lowest BCUT2D eigenvalue weighted by Crippen LogP contribution is -2.36. The van der Waals surface area contributed by atoms with Crippen molar-refractivity contribution in [3.05, 3.63) is 34.9 Å². The van der Waals surface area contributed by atoms with Crippen LogP contribution in [0.25, 0.3) is 0 Å². The van der Waals surface area contributed by atoms with Gasteiger partial charge in [0, 0.05) is 44.6 Å². The van der Waals surface area contributed by atoms with Crippen molar-refractivity contribution < 1.29 is 4.74 Å². The summed E-state index contributed by atoms with van der Waals surface area (Å²) in [4.78, 5) is 5.14. The summed E-state index contributed by atoms with van der Waals surface area (Å²) in [5, 5.41) is 0. The summed E-state index contributed by atoms with van der Waals surface area (Å²) in [6.45, 7) is 11.2. The highest BCUT2D eigenvalue weighted by molar-refractivity contribution is 5.28. The molecule has 1 aromatic carbocycles. The zero-order chi connectivity index (χ0) is 15.7. The molecule has 3 nitrogen and oxygen atoms in total. The number of benzene rings is 1. The van der Waals surface area contributed by atoms with Gasteiger partial charge in [0.15, 0.2) is 0 Å². The molecule has 0 radical (unpaired) electrons. The van der Waals surface area contributed by atoms with Crippen LogP contribution in [-0.2, 0) is 11.3 Å². The van der Waals surface area contributed by atoms with E-state index in [0.29, 0.717) is 11.3 Å². The average Bonchev–Trinajstić information content (AvgIpc) is 2.94. The highest BCUT2D eigenvalue weighted by Gasteiger charge is 2.49. The Kier molecular flexibility index (Phi) is 4.58. The van der Waals surface area contributed by atoms with Gasteiger partial charge in [-0.3, -0.25) is 4.90 Å². The Labute approximate surface area is 135 Å². The number of likely N-dealkylation sites (tertiary alicyclic amines) is 2. The molecule has 122 valence electrons. The van der Waals surface area contributed by atoms with Gasteiger partial charge in [-0.15, -0.1) is 0 Å². The zero-order valence-corrected chi connectivity index (χ0v) is 14.6. The summed E-state index contributed by atoms with van der Waals surface area (Å²) < 4.78 is 5.50. The molecular formula is C19H30N2O. The number of rotatable bonds is 4. The molecule has 2 saturated heterocycles. The first-order valence-electron chi connectivity index (χ1n) is 8.48. The first kappa shape index (κ1) is 16.0. The molecule has 2 atom stereocenters. The van der Waals surface area contributed by atoms with Crippen LogP contribution in [0.15, 0.2) is 18.2 Å². The van der Waals surface area contributed by atoms with E-state index >= 15 is 0 Å². The Morgan fingerprint density at radius 2 is 1.91 bits per heavy atom. The van der Waals surface area contributed by atoms with Crippen molar-refractivity contribution in [3.8, 4) is 0 Å². The number of hydrogen-bond acceptors (Lipinski definition) is 3. The van der Waals surface area contributed by atoms with E-state index in [2.05, 4.69) is 48.9 Å². The Hall–Kier alpha value is -0.900. The average molecular weight is 302 g/mol. The van der Waals surface area contributed by atoms with Gasteiger partial charge in [0.2, 0.25) is 0 Å². The Morgan fingerprint density at radius 1 is 1.18 bits per heavy atom. The Bertz CT molecular complexity index is 510. The number of methoxy groups -OCH3 is 1. The summed E-state index contributed by atoms with van der Waals surface area (Å²) in [7, 11) is 4.10. The minimum atomic E-state index is 0.448. The van der Waals surface area contributed by atoms with E-state index in [4.69, 9.17) is 4.74 Å². The van der Waals surface area contributed by atoms with Gasteiger partial charge in [-0.25, -0.2) is 0 Å². The first-order chi connectivity index (χ1) is 10.5. The van der Waals surface area contributed by atoms with E-state index in [1.807, 2.05) is 7.11 Å². The summed E-state index contributed by atoms with van der Waals surface area (Å²) in [6.07, 6.45) is 1.32. The molecule has 22 heavy (non-hydrogen) atoms. The highest BCUT2D eigenvalue weighted by atomic mass is 16.5. The summed E-state index contributed by atoms with van der Waals surface area (Å²) in [5.41, 5.74) is 4.66. The van der Waals surface area contributed by atoms with Crippen molar-refractivity contribution in [2.24, 2.45) is 11.3 Å². The van der Waals surface area contributed by atoms with Crippen molar-refractivity contribution in [1.82, 2.24) is 9.80 Å². The predicted octanol–water partition coefficient (Wildman–Crippen LogP) is 2.70. The van der Waals surface area contributed by atoms with Crippen LogP contribution >= 0.6 is 0 Å². The molecule has 1 aromatic rings. The Balaban J connectivity index is 1.69. The van der Waals surface area contributed by atoms with Crippen LogP contribution in [0, 0.1) is 25.2 Å². The number of nitrogens with zero attached hydrogens (tertiary/aromatic N) is 2. The number of hydrogen-bond donors (Lipinski definition) is 0. The van der Waals surface area contributed by atoms with Crippen LogP contribution in [0.4, 0.5) is 0 Å². The lowest BCUT2D eigenvalue weighted by atomic mass is 9.77. The lowest BCUT2D eigenvalue weighted by molar-refractivity contribution is 0.0959. The molecule has 2 heterocycles. The van der Waals surface area contributed by atoms with Crippen molar-refractivity contribution in [2.75, 3.05) is 46.9 Å². The van der Waals surface area contributed by atoms with Gasteiger partial charge < -0.3 is 9.64 Å². The topological polar surface area (TPSA) is 15.7 Å². The standard InChI is InChI=1S/C19H30N2O/c1-15-7-16(2)9-17(8-15)10-21-6-5-19(14-21)13-20(3)11-18(19)12-22-4/h7-9,18H,5-6,10-14H2,1-4H3/t18-,19-/m1/s1. The summed E-state index contributed by atoms with van der Waals surface area (Å²) in [6, 6.07) is 6.94. The third-order valence-electron chi connectivity index (χ3n) is 5.50. The van der Waals surface area contributed by atoms with Gasteiger partial charge >= 0.3 is 0 Å². The normalized spacial score (nSPS) is 29.7. The molecule has 1 spiro atoms. The van der Waals surface area contributed by atoms with Crippen molar-refractivity contribution in [3.63, 3.8) is 0 Å². The molecule has 0 bridgehead atoms. The zero-order valence-electron chi connectivity index (χ0n) is 14.6. The van der Waals surface area contributed by atoms with Crippen molar-refractivity contribution >= 4 is 0 Å². The molecule has 0 aliphatic carbocycles. The van der Waals surface area contributed by atoms with Crippen LogP contribution < -0.4 is 0 Å². The molecule has 0 amide bonds. The molecule has 0 unspecified atom stereocenters. The minimum absolute atomic E-state index is 0.448. The van der Waals surface area contributed by atoms with Gasteiger partial charge in [0.1, 0.15) is 0 Å². The van der Waals surface area contributed by atoms with Crippen molar-refractivity contribution in [2.45, 2.75) is 26.8 Å². The first-order valence-corrected chi connectivity index (χ1v) is 8.48. The van der Waals surface area contributed by atoms with E-state index in [0.717, 1.165) is 13.2 Å². The maximum Gasteiger partial charge on any atom is 0.0509 e. The second kappa shape index (κ2) is 6.31. The van der Waals surface area contributed by atoms with Crippen LogP contribution in [0.1, 0.15) is 23.1 Å². The van der Waals surface area contributed by atoms with Gasteiger partial charge in [-0.05, 0) is 39.4 Å². The third kappa shape index (κ3) is 3.22. The molecule has 2 fully saturated rings. The largest absolute Gasteiger partial charge is 0.384 e. The van der Waals surface area contributed by atoms with E-state index in [1.165, 1.54) is 49.3 Å². The fourth-order valence-electron chi connectivity index (χ4n) is 4.73. The lowest BCUT2D eigenvalue weighted by Gasteiger charge is -2.30. The SMILES string of the molecule is COC[C@H]1CN(C)C[C@@]12CCN(Cc1cc(C)cc(C)c1)C2. The molecule has 2 aliphatic heterocycles. The Morgan fingerprint density at radius 3 is 2.59 bits per heavy atom.